The van der Waals surface area contributed by atoms with Crippen molar-refractivity contribution >= 4 is 30.1 Å². The summed E-state index contributed by atoms with van der Waals surface area (Å²) in [6.45, 7) is 3.82. The minimum absolute atomic E-state index is 0. The largest absolute Gasteiger partial charge is 0.348 e. The molecule has 25 heavy (non-hydrogen) atoms. The maximum absolute atomic E-state index is 13.1. The van der Waals surface area contributed by atoms with Crippen LogP contribution in [0.5, 0.6) is 0 Å². The summed E-state index contributed by atoms with van der Waals surface area (Å²) in [7, 11) is 0. The monoisotopic (exact) mass is 386 g/mol. The molecular formula is C17H24ClFN4OS. The summed E-state index contributed by atoms with van der Waals surface area (Å²) >= 11 is 1.67. The number of aromatic nitrogens is 2. The smallest absolute Gasteiger partial charge is 0.237 e. The Balaban J connectivity index is 0.00000312. The third-order valence-corrected chi connectivity index (χ3v) is 4.56. The average Bonchev–Trinajstić information content (AvgIpc) is 2.95. The molecule has 0 radical (unpaired) electrons. The van der Waals surface area contributed by atoms with Crippen molar-refractivity contribution in [3.8, 4) is 5.69 Å². The standard InChI is InChI=1S/C17H23FN4OS.ClH/c1-11(21-17(23)16(19)8-9-24-3)15-10-20-22(12(15)2)14-6-4-13(18)5-7-14;/h4-7,10-11,16H,8-9,19H2,1-3H3,(H,21,23);1H/t11?,16-;/m0./s1. The first kappa shape index (κ1) is 21.5. The molecule has 2 atom stereocenters. The van der Waals surface area contributed by atoms with Crippen LogP contribution in [-0.2, 0) is 4.79 Å². The minimum atomic E-state index is -0.507. The Bertz CT molecular complexity index is 692. The van der Waals surface area contributed by atoms with Gasteiger partial charge >= 0.3 is 0 Å². The number of amides is 1. The van der Waals surface area contributed by atoms with E-state index >= 15 is 0 Å². The average molecular weight is 387 g/mol. The molecule has 8 heteroatoms. The zero-order valence-corrected chi connectivity index (χ0v) is 16.2. The number of carbonyl (C=O) groups is 1. The third-order valence-electron chi connectivity index (χ3n) is 3.91. The third kappa shape index (κ3) is 5.45. The van der Waals surface area contributed by atoms with Gasteiger partial charge in [-0.1, -0.05) is 0 Å². The van der Waals surface area contributed by atoms with Gasteiger partial charge in [-0.3, -0.25) is 4.79 Å². The van der Waals surface area contributed by atoms with E-state index in [2.05, 4.69) is 10.4 Å². The Kier molecular flexibility index (Phi) is 8.41. The van der Waals surface area contributed by atoms with Gasteiger partial charge in [-0.15, -0.1) is 12.4 Å². The van der Waals surface area contributed by atoms with Crippen LogP contribution in [0.4, 0.5) is 4.39 Å². The minimum Gasteiger partial charge on any atom is -0.348 e. The van der Waals surface area contributed by atoms with Crippen LogP contribution in [0.3, 0.4) is 0 Å². The number of hydrogen-bond acceptors (Lipinski definition) is 4. The quantitative estimate of drug-likeness (QED) is 0.767. The first-order chi connectivity index (χ1) is 11.4. The van der Waals surface area contributed by atoms with Crippen LogP contribution in [0.2, 0.25) is 0 Å². The normalized spacial score (nSPS) is 13.0. The second-order valence-corrected chi connectivity index (χ2v) is 6.68. The van der Waals surface area contributed by atoms with Gasteiger partial charge in [-0.2, -0.15) is 16.9 Å². The lowest BCUT2D eigenvalue weighted by Gasteiger charge is -2.17. The van der Waals surface area contributed by atoms with Crippen molar-refractivity contribution in [2.45, 2.75) is 32.4 Å². The van der Waals surface area contributed by atoms with Crippen molar-refractivity contribution in [1.82, 2.24) is 15.1 Å². The molecule has 2 rings (SSSR count). The lowest BCUT2D eigenvalue weighted by Crippen LogP contribution is -2.42. The first-order valence-corrected chi connectivity index (χ1v) is 9.18. The summed E-state index contributed by atoms with van der Waals surface area (Å²) in [5.41, 5.74) is 8.47. The van der Waals surface area contributed by atoms with Gasteiger partial charge in [-0.25, -0.2) is 9.07 Å². The van der Waals surface area contributed by atoms with Gasteiger partial charge in [0.1, 0.15) is 5.82 Å². The Labute approximate surface area is 158 Å². The fraction of sp³-hybridized carbons (Fsp3) is 0.412. The van der Waals surface area contributed by atoms with Gasteiger partial charge in [0.25, 0.3) is 0 Å². The van der Waals surface area contributed by atoms with Crippen LogP contribution >= 0.6 is 24.2 Å². The fourth-order valence-corrected chi connectivity index (χ4v) is 2.95. The van der Waals surface area contributed by atoms with Crippen LogP contribution in [-0.4, -0.2) is 33.7 Å². The van der Waals surface area contributed by atoms with Crippen LogP contribution in [0, 0.1) is 12.7 Å². The van der Waals surface area contributed by atoms with E-state index in [-0.39, 0.29) is 30.2 Å². The predicted octanol–water partition coefficient (Wildman–Crippen LogP) is 3.00. The van der Waals surface area contributed by atoms with E-state index < -0.39 is 6.04 Å². The van der Waals surface area contributed by atoms with Gasteiger partial charge < -0.3 is 11.1 Å². The van der Waals surface area contributed by atoms with E-state index in [1.807, 2.05) is 20.1 Å². The van der Waals surface area contributed by atoms with E-state index in [9.17, 15) is 9.18 Å². The van der Waals surface area contributed by atoms with Crippen LogP contribution in [0.1, 0.15) is 30.6 Å². The van der Waals surface area contributed by atoms with Crippen molar-refractivity contribution in [2.24, 2.45) is 5.73 Å². The molecule has 3 N–H and O–H groups in total. The summed E-state index contributed by atoms with van der Waals surface area (Å²) in [6, 6.07) is 5.42. The van der Waals surface area contributed by atoms with E-state index in [1.54, 1.807) is 34.8 Å². The van der Waals surface area contributed by atoms with Gasteiger partial charge in [0.15, 0.2) is 0 Å². The molecule has 0 saturated heterocycles. The number of hydrogen-bond donors (Lipinski definition) is 2. The Morgan fingerprint density at radius 2 is 2.04 bits per heavy atom. The molecular weight excluding hydrogens is 363 g/mol. The highest BCUT2D eigenvalue weighted by Gasteiger charge is 2.19. The Morgan fingerprint density at radius 1 is 1.40 bits per heavy atom. The number of thioether (sulfide) groups is 1. The van der Waals surface area contributed by atoms with Gasteiger partial charge in [0.2, 0.25) is 5.91 Å². The molecule has 138 valence electrons. The molecule has 1 amide bonds. The number of carbonyl (C=O) groups excluding carboxylic acids is 1. The highest BCUT2D eigenvalue weighted by molar-refractivity contribution is 7.98. The van der Waals surface area contributed by atoms with Gasteiger partial charge in [0, 0.05) is 11.3 Å². The summed E-state index contributed by atoms with van der Waals surface area (Å²) in [5.74, 6) is 0.402. The molecule has 0 aliphatic rings. The van der Waals surface area contributed by atoms with Crippen LogP contribution < -0.4 is 11.1 Å². The van der Waals surface area contributed by atoms with Crippen molar-refractivity contribution in [3.63, 3.8) is 0 Å². The van der Waals surface area contributed by atoms with Gasteiger partial charge in [-0.05, 0) is 56.5 Å². The molecule has 0 aliphatic heterocycles. The molecule has 0 bridgehead atoms. The topological polar surface area (TPSA) is 72.9 Å². The number of nitrogens with zero attached hydrogens (tertiary/aromatic N) is 2. The SMILES string of the molecule is CSCC[C@H](N)C(=O)NC(C)c1cnn(-c2ccc(F)cc2)c1C.Cl. The fourth-order valence-electron chi connectivity index (χ4n) is 2.46. The molecule has 1 aromatic carbocycles. The number of rotatable bonds is 7. The van der Waals surface area contributed by atoms with Crippen molar-refractivity contribution < 1.29 is 9.18 Å². The summed E-state index contributed by atoms with van der Waals surface area (Å²) in [6.07, 6.45) is 4.35. The Hall–Kier alpha value is -1.57. The lowest BCUT2D eigenvalue weighted by molar-refractivity contribution is -0.123. The zero-order chi connectivity index (χ0) is 17.7. The molecule has 1 heterocycles. The predicted molar refractivity (Wildman–Crippen MR) is 103 cm³/mol. The molecule has 5 nitrogen and oxygen atoms in total. The number of halogens is 2. The summed E-state index contributed by atoms with van der Waals surface area (Å²) in [5, 5.41) is 7.28. The van der Waals surface area contributed by atoms with E-state index in [4.69, 9.17) is 5.73 Å². The maximum Gasteiger partial charge on any atom is 0.237 e. The second kappa shape index (κ2) is 9.79. The molecule has 1 aromatic heterocycles. The highest BCUT2D eigenvalue weighted by Crippen LogP contribution is 2.20. The van der Waals surface area contributed by atoms with E-state index in [1.165, 1.54) is 12.1 Å². The number of benzene rings is 1. The maximum atomic E-state index is 13.1. The van der Waals surface area contributed by atoms with Crippen LogP contribution in [0.15, 0.2) is 30.5 Å². The van der Waals surface area contributed by atoms with Crippen molar-refractivity contribution in [2.75, 3.05) is 12.0 Å². The number of nitrogens with one attached hydrogen (secondary N) is 1. The zero-order valence-electron chi connectivity index (χ0n) is 14.5. The van der Waals surface area contributed by atoms with Gasteiger partial charge in [0.05, 0.1) is 24.0 Å². The highest BCUT2D eigenvalue weighted by atomic mass is 35.5. The van der Waals surface area contributed by atoms with Crippen molar-refractivity contribution in [3.05, 3.63) is 47.5 Å². The van der Waals surface area contributed by atoms with E-state index in [0.717, 1.165) is 22.7 Å². The molecule has 0 aliphatic carbocycles. The van der Waals surface area contributed by atoms with E-state index in [0.29, 0.717) is 6.42 Å². The first-order valence-electron chi connectivity index (χ1n) is 7.79. The molecule has 0 saturated carbocycles. The van der Waals surface area contributed by atoms with Crippen molar-refractivity contribution in [1.29, 1.82) is 0 Å². The van der Waals surface area contributed by atoms with Crippen LogP contribution in [0.25, 0.3) is 5.69 Å². The lowest BCUT2D eigenvalue weighted by atomic mass is 10.1. The molecule has 0 spiro atoms. The molecule has 2 aromatic rings. The molecule has 0 fully saturated rings. The number of nitrogens with two attached hydrogens (primary N) is 1. The summed E-state index contributed by atoms with van der Waals surface area (Å²) < 4.78 is 14.8. The second-order valence-electron chi connectivity index (χ2n) is 5.69. The summed E-state index contributed by atoms with van der Waals surface area (Å²) in [4.78, 5) is 12.1. The molecule has 1 unspecified atom stereocenters. The Morgan fingerprint density at radius 3 is 2.64 bits per heavy atom.